The molecule has 3 aromatic rings. The fourth-order valence-corrected chi connectivity index (χ4v) is 3.37. The Bertz CT molecular complexity index is 1020. The lowest BCUT2D eigenvalue weighted by molar-refractivity contribution is -0.126. The van der Waals surface area contributed by atoms with Gasteiger partial charge in [0.1, 0.15) is 29.5 Å². The maximum Gasteiger partial charge on any atom is 0.246 e. The fraction of sp³-hybridized carbons (Fsp3) is 0.273. The molecule has 3 heterocycles. The van der Waals surface area contributed by atoms with Crippen LogP contribution in [0.4, 0.5) is 5.82 Å². The van der Waals surface area contributed by atoms with Crippen LogP contribution in [0.3, 0.4) is 0 Å². The van der Waals surface area contributed by atoms with Crippen LogP contribution in [0.25, 0.3) is 11.9 Å². The molecule has 0 bridgehead atoms. The Morgan fingerprint density at radius 3 is 2.47 bits per heavy atom. The summed E-state index contributed by atoms with van der Waals surface area (Å²) in [5.74, 6) is 3.18. The number of nitrogens with zero attached hydrogens (tertiary/aromatic N) is 6. The Morgan fingerprint density at radius 1 is 1.07 bits per heavy atom. The SMILES string of the molecule is COc1ccc(/C=C/C(=O)N2CCN(c3cc(-n4ccnc4)nc(C)n3)CC2)cc1. The minimum Gasteiger partial charge on any atom is -0.497 e. The van der Waals surface area contributed by atoms with Crippen molar-refractivity contribution in [2.75, 3.05) is 38.2 Å². The third kappa shape index (κ3) is 4.48. The van der Waals surface area contributed by atoms with E-state index in [2.05, 4.69) is 19.9 Å². The number of methoxy groups -OCH3 is 1. The number of hydrogen-bond acceptors (Lipinski definition) is 6. The summed E-state index contributed by atoms with van der Waals surface area (Å²) in [5.41, 5.74) is 0.964. The van der Waals surface area contributed by atoms with E-state index >= 15 is 0 Å². The first-order chi connectivity index (χ1) is 14.6. The number of amides is 1. The van der Waals surface area contributed by atoms with Crippen LogP contribution < -0.4 is 9.64 Å². The molecule has 8 heteroatoms. The molecule has 154 valence electrons. The predicted octanol–water partition coefficient (Wildman–Crippen LogP) is 2.34. The van der Waals surface area contributed by atoms with E-state index in [1.54, 1.807) is 25.7 Å². The third-order valence-electron chi connectivity index (χ3n) is 5.03. The lowest BCUT2D eigenvalue weighted by Gasteiger charge is -2.35. The quantitative estimate of drug-likeness (QED) is 0.608. The van der Waals surface area contributed by atoms with Crippen LogP contribution in [-0.2, 0) is 4.79 Å². The van der Waals surface area contributed by atoms with Crippen LogP contribution in [0.1, 0.15) is 11.4 Å². The fourth-order valence-electron chi connectivity index (χ4n) is 3.37. The van der Waals surface area contributed by atoms with Gasteiger partial charge >= 0.3 is 0 Å². The molecule has 0 saturated carbocycles. The molecular formula is C22H24N6O2. The first-order valence-corrected chi connectivity index (χ1v) is 9.82. The van der Waals surface area contributed by atoms with Gasteiger partial charge in [0.15, 0.2) is 0 Å². The molecule has 1 aromatic carbocycles. The molecule has 1 amide bonds. The number of benzene rings is 1. The first-order valence-electron chi connectivity index (χ1n) is 9.82. The smallest absolute Gasteiger partial charge is 0.246 e. The van der Waals surface area contributed by atoms with E-state index in [1.165, 1.54) is 0 Å². The highest BCUT2D eigenvalue weighted by atomic mass is 16.5. The van der Waals surface area contributed by atoms with Crippen molar-refractivity contribution in [3.63, 3.8) is 0 Å². The molecular weight excluding hydrogens is 380 g/mol. The molecule has 0 spiro atoms. The second-order valence-corrected chi connectivity index (χ2v) is 7.02. The lowest BCUT2D eigenvalue weighted by atomic mass is 10.2. The molecule has 8 nitrogen and oxygen atoms in total. The normalized spacial score (nSPS) is 14.3. The summed E-state index contributed by atoms with van der Waals surface area (Å²) in [4.78, 5) is 29.8. The number of hydrogen-bond donors (Lipinski definition) is 0. The largest absolute Gasteiger partial charge is 0.497 e. The van der Waals surface area contributed by atoms with Crippen molar-refractivity contribution >= 4 is 17.8 Å². The maximum absolute atomic E-state index is 12.6. The molecule has 0 unspecified atom stereocenters. The molecule has 1 saturated heterocycles. The number of carbonyl (C=O) groups excluding carboxylic acids is 1. The first kappa shape index (κ1) is 19.6. The van der Waals surface area contributed by atoms with Crippen LogP contribution >= 0.6 is 0 Å². The second kappa shape index (κ2) is 8.77. The topological polar surface area (TPSA) is 76.4 Å². The number of piperazine rings is 1. The van der Waals surface area contributed by atoms with E-state index < -0.39 is 0 Å². The summed E-state index contributed by atoms with van der Waals surface area (Å²) < 4.78 is 7.02. The van der Waals surface area contributed by atoms with E-state index in [0.717, 1.165) is 36.0 Å². The highest BCUT2D eigenvalue weighted by molar-refractivity contribution is 5.92. The predicted molar refractivity (Wildman–Crippen MR) is 115 cm³/mol. The van der Waals surface area contributed by atoms with E-state index in [4.69, 9.17) is 4.74 Å². The molecule has 0 aliphatic carbocycles. The van der Waals surface area contributed by atoms with E-state index in [-0.39, 0.29) is 5.91 Å². The Kier molecular flexibility index (Phi) is 5.74. The van der Waals surface area contributed by atoms with Crippen LogP contribution in [0.15, 0.2) is 55.1 Å². The van der Waals surface area contributed by atoms with Gasteiger partial charge in [0.2, 0.25) is 5.91 Å². The maximum atomic E-state index is 12.6. The highest BCUT2D eigenvalue weighted by Crippen LogP contribution is 2.18. The van der Waals surface area contributed by atoms with E-state index in [1.807, 2.05) is 59.0 Å². The Balaban J connectivity index is 1.37. The summed E-state index contributed by atoms with van der Waals surface area (Å²) in [6.07, 6.45) is 8.76. The number of aryl methyl sites for hydroxylation is 1. The summed E-state index contributed by atoms with van der Waals surface area (Å²) in [6.45, 7) is 4.63. The molecule has 0 atom stereocenters. The molecule has 1 aliphatic heterocycles. The van der Waals surface area contributed by atoms with Gasteiger partial charge in [-0.1, -0.05) is 12.1 Å². The van der Waals surface area contributed by atoms with Crippen LogP contribution in [0.2, 0.25) is 0 Å². The standard InChI is InChI=1S/C22H24N6O2/c1-17-24-20(15-21(25-17)28-10-9-23-16-28)26-11-13-27(14-12-26)22(29)8-5-18-3-6-19(30-2)7-4-18/h3-10,15-16H,11-14H2,1-2H3/b8-5+. The number of ether oxygens (including phenoxy) is 1. The molecule has 30 heavy (non-hydrogen) atoms. The highest BCUT2D eigenvalue weighted by Gasteiger charge is 2.21. The van der Waals surface area contributed by atoms with Crippen molar-refractivity contribution in [1.82, 2.24) is 24.4 Å². The van der Waals surface area contributed by atoms with Gasteiger partial charge in [0, 0.05) is 50.7 Å². The number of rotatable bonds is 5. The van der Waals surface area contributed by atoms with Gasteiger partial charge in [-0.25, -0.2) is 15.0 Å². The van der Waals surface area contributed by atoms with Crippen LogP contribution in [0, 0.1) is 6.92 Å². The molecule has 0 N–H and O–H groups in total. The zero-order valence-corrected chi connectivity index (χ0v) is 17.1. The number of aromatic nitrogens is 4. The van der Waals surface area contributed by atoms with Gasteiger partial charge in [-0.2, -0.15) is 0 Å². The van der Waals surface area contributed by atoms with Gasteiger partial charge in [0.05, 0.1) is 7.11 Å². The van der Waals surface area contributed by atoms with Crippen molar-refractivity contribution in [3.05, 3.63) is 66.5 Å². The minimum atomic E-state index is 0.0171. The van der Waals surface area contributed by atoms with E-state index in [0.29, 0.717) is 18.9 Å². The summed E-state index contributed by atoms with van der Waals surface area (Å²) in [7, 11) is 1.63. The summed E-state index contributed by atoms with van der Waals surface area (Å²) >= 11 is 0. The number of anilines is 1. The van der Waals surface area contributed by atoms with Crippen molar-refractivity contribution < 1.29 is 9.53 Å². The van der Waals surface area contributed by atoms with Crippen LogP contribution in [-0.4, -0.2) is 63.6 Å². The van der Waals surface area contributed by atoms with E-state index in [9.17, 15) is 4.79 Å². The third-order valence-corrected chi connectivity index (χ3v) is 5.03. The Labute approximate surface area is 175 Å². The van der Waals surface area contributed by atoms with Crippen LogP contribution in [0.5, 0.6) is 5.75 Å². The van der Waals surface area contributed by atoms with Gasteiger partial charge in [0.25, 0.3) is 0 Å². The average molecular weight is 404 g/mol. The Morgan fingerprint density at radius 2 is 1.80 bits per heavy atom. The van der Waals surface area contributed by atoms with Gasteiger partial charge in [-0.3, -0.25) is 9.36 Å². The molecule has 4 rings (SSSR count). The summed E-state index contributed by atoms with van der Waals surface area (Å²) in [5, 5.41) is 0. The number of imidazole rings is 1. The minimum absolute atomic E-state index is 0.0171. The van der Waals surface area contributed by atoms with Gasteiger partial charge in [-0.15, -0.1) is 0 Å². The zero-order valence-electron chi connectivity index (χ0n) is 17.1. The lowest BCUT2D eigenvalue weighted by Crippen LogP contribution is -2.48. The molecule has 1 fully saturated rings. The molecule has 2 aromatic heterocycles. The zero-order chi connectivity index (χ0) is 20.9. The monoisotopic (exact) mass is 404 g/mol. The molecule has 1 aliphatic rings. The Hall–Kier alpha value is -3.68. The van der Waals surface area contributed by atoms with Crippen molar-refractivity contribution in [2.24, 2.45) is 0 Å². The number of carbonyl (C=O) groups is 1. The van der Waals surface area contributed by atoms with Crippen molar-refractivity contribution in [3.8, 4) is 11.6 Å². The average Bonchev–Trinajstić information content (AvgIpc) is 3.33. The van der Waals surface area contributed by atoms with Crippen molar-refractivity contribution in [2.45, 2.75) is 6.92 Å². The molecule has 0 radical (unpaired) electrons. The second-order valence-electron chi connectivity index (χ2n) is 7.02. The van der Waals surface area contributed by atoms with Gasteiger partial charge < -0.3 is 14.5 Å². The van der Waals surface area contributed by atoms with Gasteiger partial charge in [-0.05, 0) is 30.7 Å². The summed E-state index contributed by atoms with van der Waals surface area (Å²) in [6, 6.07) is 9.57. The van der Waals surface area contributed by atoms with Crippen molar-refractivity contribution in [1.29, 1.82) is 0 Å².